The van der Waals surface area contributed by atoms with E-state index in [1.54, 1.807) is 0 Å². The standard InChI is InChI=1S/C12H24N2O2/c1-12(2,3)11(15)14-8-5-4-6-10(14)7-9-16-13/h10H,4-9,13H2,1-3H3. The highest BCUT2D eigenvalue weighted by atomic mass is 16.6. The van der Waals surface area contributed by atoms with Crippen molar-refractivity contribution in [1.82, 2.24) is 4.90 Å². The Morgan fingerprint density at radius 2 is 2.12 bits per heavy atom. The van der Waals surface area contributed by atoms with Gasteiger partial charge in [0.05, 0.1) is 6.61 Å². The molecule has 1 fully saturated rings. The predicted octanol–water partition coefficient (Wildman–Crippen LogP) is 1.69. The Kier molecular flexibility index (Phi) is 4.74. The quantitative estimate of drug-likeness (QED) is 0.748. The molecule has 0 aromatic heterocycles. The SMILES string of the molecule is CC(C)(C)C(=O)N1CCCCC1CCON. The molecule has 0 saturated carbocycles. The highest BCUT2D eigenvalue weighted by Gasteiger charge is 2.33. The number of likely N-dealkylation sites (tertiary alicyclic amines) is 1. The Morgan fingerprint density at radius 3 is 2.69 bits per heavy atom. The van der Waals surface area contributed by atoms with Crippen LogP contribution in [-0.2, 0) is 9.63 Å². The number of amides is 1. The van der Waals surface area contributed by atoms with E-state index in [-0.39, 0.29) is 11.3 Å². The van der Waals surface area contributed by atoms with Gasteiger partial charge >= 0.3 is 0 Å². The number of piperidine rings is 1. The molecule has 4 nitrogen and oxygen atoms in total. The number of carbonyl (C=O) groups excluding carboxylic acids is 1. The Bertz CT molecular complexity index is 236. The number of carbonyl (C=O) groups is 1. The maximum Gasteiger partial charge on any atom is 0.228 e. The summed E-state index contributed by atoms with van der Waals surface area (Å²) in [6, 6.07) is 0.309. The van der Waals surface area contributed by atoms with E-state index in [1.165, 1.54) is 6.42 Å². The number of nitrogens with two attached hydrogens (primary N) is 1. The van der Waals surface area contributed by atoms with Gasteiger partial charge in [-0.1, -0.05) is 20.8 Å². The minimum atomic E-state index is -0.292. The van der Waals surface area contributed by atoms with E-state index in [0.29, 0.717) is 12.6 Å². The molecule has 1 amide bonds. The first-order chi connectivity index (χ1) is 7.46. The molecule has 1 aliphatic rings. The van der Waals surface area contributed by atoms with Crippen LogP contribution in [0.1, 0.15) is 46.5 Å². The molecular formula is C12H24N2O2. The van der Waals surface area contributed by atoms with E-state index >= 15 is 0 Å². The van der Waals surface area contributed by atoms with Gasteiger partial charge < -0.3 is 9.74 Å². The van der Waals surface area contributed by atoms with Crippen molar-refractivity contribution in [3.05, 3.63) is 0 Å². The summed E-state index contributed by atoms with van der Waals surface area (Å²) in [4.78, 5) is 18.9. The fraction of sp³-hybridized carbons (Fsp3) is 0.917. The molecule has 2 N–H and O–H groups in total. The first-order valence-electron chi connectivity index (χ1n) is 6.09. The topological polar surface area (TPSA) is 55.6 Å². The van der Waals surface area contributed by atoms with Crippen LogP contribution in [0.25, 0.3) is 0 Å². The lowest BCUT2D eigenvalue weighted by molar-refractivity contribution is -0.143. The third-order valence-corrected chi connectivity index (χ3v) is 3.10. The van der Waals surface area contributed by atoms with Crippen molar-refractivity contribution >= 4 is 5.91 Å². The summed E-state index contributed by atoms with van der Waals surface area (Å²) >= 11 is 0. The van der Waals surface area contributed by atoms with Crippen molar-refractivity contribution < 1.29 is 9.63 Å². The third kappa shape index (κ3) is 3.46. The zero-order valence-electron chi connectivity index (χ0n) is 10.7. The molecule has 1 heterocycles. The average molecular weight is 228 g/mol. The maximum atomic E-state index is 12.2. The lowest BCUT2D eigenvalue weighted by Crippen LogP contribution is -2.48. The molecule has 1 unspecified atom stereocenters. The van der Waals surface area contributed by atoms with Gasteiger partial charge in [0.1, 0.15) is 0 Å². The molecule has 1 aliphatic heterocycles. The summed E-state index contributed by atoms with van der Waals surface area (Å²) in [6.07, 6.45) is 4.23. The van der Waals surface area contributed by atoms with E-state index in [4.69, 9.17) is 5.90 Å². The van der Waals surface area contributed by atoms with E-state index in [1.807, 2.05) is 25.7 Å². The molecule has 0 aromatic rings. The molecule has 0 spiro atoms. The molecule has 16 heavy (non-hydrogen) atoms. The van der Waals surface area contributed by atoms with Crippen molar-refractivity contribution in [3.63, 3.8) is 0 Å². The zero-order chi connectivity index (χ0) is 12.2. The monoisotopic (exact) mass is 228 g/mol. The molecule has 1 rings (SSSR count). The van der Waals surface area contributed by atoms with Crippen LogP contribution in [0.3, 0.4) is 0 Å². The first kappa shape index (κ1) is 13.5. The smallest absolute Gasteiger partial charge is 0.228 e. The number of hydrogen-bond donors (Lipinski definition) is 1. The van der Waals surface area contributed by atoms with E-state index in [2.05, 4.69) is 4.84 Å². The van der Waals surface area contributed by atoms with Crippen molar-refractivity contribution in [2.75, 3.05) is 13.2 Å². The minimum absolute atomic E-state index is 0.245. The molecule has 4 heteroatoms. The van der Waals surface area contributed by atoms with Gasteiger partial charge in [-0.25, -0.2) is 5.90 Å². The van der Waals surface area contributed by atoms with Crippen LogP contribution in [0, 0.1) is 5.41 Å². The van der Waals surface area contributed by atoms with Crippen LogP contribution in [0.4, 0.5) is 0 Å². The molecule has 0 aliphatic carbocycles. The second-order valence-electron chi connectivity index (χ2n) is 5.56. The molecule has 94 valence electrons. The summed E-state index contributed by atoms with van der Waals surface area (Å²) in [5.41, 5.74) is -0.292. The van der Waals surface area contributed by atoms with E-state index < -0.39 is 0 Å². The number of rotatable bonds is 3. The van der Waals surface area contributed by atoms with Crippen LogP contribution < -0.4 is 5.90 Å². The van der Waals surface area contributed by atoms with Crippen LogP contribution >= 0.6 is 0 Å². The summed E-state index contributed by atoms with van der Waals surface area (Å²) in [7, 11) is 0. The van der Waals surface area contributed by atoms with Gasteiger partial charge in [0.15, 0.2) is 0 Å². The predicted molar refractivity (Wildman–Crippen MR) is 63.6 cm³/mol. The fourth-order valence-electron chi connectivity index (χ4n) is 2.20. The Balaban J connectivity index is 2.63. The lowest BCUT2D eigenvalue weighted by Gasteiger charge is -2.39. The highest BCUT2D eigenvalue weighted by molar-refractivity contribution is 5.81. The molecule has 1 saturated heterocycles. The van der Waals surface area contributed by atoms with Gasteiger partial charge in [0.25, 0.3) is 0 Å². The van der Waals surface area contributed by atoms with Crippen LogP contribution in [0.15, 0.2) is 0 Å². The highest BCUT2D eigenvalue weighted by Crippen LogP contribution is 2.26. The summed E-state index contributed by atoms with van der Waals surface area (Å²) in [5, 5.41) is 0. The van der Waals surface area contributed by atoms with Crippen LogP contribution in [0.5, 0.6) is 0 Å². The van der Waals surface area contributed by atoms with Gasteiger partial charge in [0.2, 0.25) is 5.91 Å². The van der Waals surface area contributed by atoms with Crippen LogP contribution in [-0.4, -0.2) is 30.0 Å². The minimum Gasteiger partial charge on any atom is -0.339 e. The second kappa shape index (κ2) is 5.64. The summed E-state index contributed by atoms with van der Waals surface area (Å²) < 4.78 is 0. The van der Waals surface area contributed by atoms with Gasteiger partial charge in [-0.3, -0.25) is 4.79 Å². The van der Waals surface area contributed by atoms with Crippen molar-refractivity contribution in [2.45, 2.75) is 52.5 Å². The van der Waals surface area contributed by atoms with Crippen LogP contribution in [0.2, 0.25) is 0 Å². The van der Waals surface area contributed by atoms with Gasteiger partial charge in [0, 0.05) is 18.0 Å². The Hall–Kier alpha value is -0.610. The maximum absolute atomic E-state index is 12.2. The normalized spacial score (nSPS) is 22.2. The molecular weight excluding hydrogens is 204 g/mol. The van der Waals surface area contributed by atoms with Gasteiger partial charge in [-0.2, -0.15) is 0 Å². The number of nitrogens with zero attached hydrogens (tertiary/aromatic N) is 1. The van der Waals surface area contributed by atoms with E-state index in [9.17, 15) is 4.79 Å². The zero-order valence-corrected chi connectivity index (χ0v) is 10.7. The van der Waals surface area contributed by atoms with Gasteiger partial charge in [-0.15, -0.1) is 0 Å². The summed E-state index contributed by atoms with van der Waals surface area (Å²) in [5.74, 6) is 5.29. The summed E-state index contributed by atoms with van der Waals surface area (Å²) in [6.45, 7) is 7.32. The Morgan fingerprint density at radius 1 is 1.44 bits per heavy atom. The van der Waals surface area contributed by atoms with E-state index in [0.717, 1.165) is 25.8 Å². The largest absolute Gasteiger partial charge is 0.339 e. The van der Waals surface area contributed by atoms with Crippen molar-refractivity contribution in [1.29, 1.82) is 0 Å². The lowest BCUT2D eigenvalue weighted by atomic mass is 9.90. The average Bonchev–Trinajstić information content (AvgIpc) is 2.24. The molecule has 0 radical (unpaired) electrons. The fourth-order valence-corrected chi connectivity index (χ4v) is 2.20. The van der Waals surface area contributed by atoms with Crippen molar-refractivity contribution in [2.24, 2.45) is 11.3 Å². The second-order valence-corrected chi connectivity index (χ2v) is 5.56. The Labute approximate surface area is 98.1 Å². The molecule has 0 bridgehead atoms. The van der Waals surface area contributed by atoms with Gasteiger partial charge in [-0.05, 0) is 25.7 Å². The molecule has 1 atom stereocenters. The number of hydrogen-bond acceptors (Lipinski definition) is 3. The third-order valence-electron chi connectivity index (χ3n) is 3.10. The first-order valence-corrected chi connectivity index (χ1v) is 6.09. The van der Waals surface area contributed by atoms with Crippen molar-refractivity contribution in [3.8, 4) is 0 Å². The molecule has 0 aromatic carbocycles.